The summed E-state index contributed by atoms with van der Waals surface area (Å²) in [5, 5.41) is 0. The van der Waals surface area contributed by atoms with Gasteiger partial charge < -0.3 is 9.64 Å². The minimum Gasteiger partial charge on any atom is -0.497 e. The predicted octanol–water partition coefficient (Wildman–Crippen LogP) is 3.13. The van der Waals surface area contributed by atoms with Crippen molar-refractivity contribution in [3.05, 3.63) is 29.8 Å². The fraction of sp³-hybridized carbons (Fsp3) is 0.667. The standard InChI is InChI=1S/C21H30N2O2/c1-21(2,3)20(24)23-13-17(14-5-7-16(25-4)8-6-14)19-18(23)15-9-11-22(19)12-10-15/h5-8,15,17-19H,9-13H2,1-4H3/t17-,18+,19+/m0/s1. The first-order valence-corrected chi connectivity index (χ1v) is 9.59. The fourth-order valence-corrected chi connectivity index (χ4v) is 5.23. The number of fused-ring (bicyclic) bond motifs is 2. The molecule has 3 atom stereocenters. The molecule has 4 aliphatic heterocycles. The molecule has 1 aromatic rings. The Morgan fingerprint density at radius 3 is 2.28 bits per heavy atom. The Kier molecular flexibility index (Phi) is 4.06. The third kappa shape index (κ3) is 2.75. The molecule has 0 saturated carbocycles. The zero-order valence-electron chi connectivity index (χ0n) is 15.9. The molecule has 4 fully saturated rings. The number of carbonyl (C=O) groups excluding carboxylic acids is 1. The van der Waals surface area contributed by atoms with E-state index in [1.807, 2.05) is 20.8 Å². The van der Waals surface area contributed by atoms with E-state index in [1.165, 1.54) is 31.5 Å². The van der Waals surface area contributed by atoms with Crippen molar-refractivity contribution in [2.75, 3.05) is 26.7 Å². The first-order chi connectivity index (χ1) is 11.9. The largest absolute Gasteiger partial charge is 0.497 e. The van der Waals surface area contributed by atoms with E-state index in [0.29, 0.717) is 29.8 Å². The van der Waals surface area contributed by atoms with Gasteiger partial charge >= 0.3 is 0 Å². The molecule has 1 amide bonds. The molecule has 2 bridgehead atoms. The van der Waals surface area contributed by atoms with E-state index >= 15 is 0 Å². The molecule has 5 rings (SSSR count). The molecule has 0 N–H and O–H groups in total. The van der Waals surface area contributed by atoms with Crippen LogP contribution in [0.15, 0.2) is 24.3 Å². The average molecular weight is 342 g/mol. The summed E-state index contributed by atoms with van der Waals surface area (Å²) < 4.78 is 5.32. The Hall–Kier alpha value is -1.55. The van der Waals surface area contributed by atoms with Gasteiger partial charge in [0.05, 0.1) is 13.2 Å². The van der Waals surface area contributed by atoms with Gasteiger partial charge in [-0.3, -0.25) is 9.69 Å². The molecule has 0 spiro atoms. The number of rotatable bonds is 2. The van der Waals surface area contributed by atoms with Crippen LogP contribution in [-0.4, -0.2) is 54.5 Å². The van der Waals surface area contributed by atoms with Crippen molar-refractivity contribution in [1.29, 1.82) is 0 Å². The molecule has 4 saturated heterocycles. The molecular formula is C21H30N2O2. The Morgan fingerprint density at radius 1 is 1.08 bits per heavy atom. The van der Waals surface area contributed by atoms with Crippen LogP contribution in [0.3, 0.4) is 0 Å². The van der Waals surface area contributed by atoms with Crippen molar-refractivity contribution in [3.8, 4) is 5.75 Å². The number of carbonyl (C=O) groups is 1. The maximum atomic E-state index is 13.2. The topological polar surface area (TPSA) is 32.8 Å². The van der Waals surface area contributed by atoms with Crippen molar-refractivity contribution in [1.82, 2.24) is 9.80 Å². The van der Waals surface area contributed by atoms with Gasteiger partial charge in [-0.15, -0.1) is 0 Å². The van der Waals surface area contributed by atoms with Crippen LogP contribution in [0.2, 0.25) is 0 Å². The van der Waals surface area contributed by atoms with Crippen molar-refractivity contribution in [2.45, 2.75) is 51.6 Å². The van der Waals surface area contributed by atoms with Crippen LogP contribution in [0.5, 0.6) is 5.75 Å². The number of benzene rings is 1. The Morgan fingerprint density at radius 2 is 1.72 bits per heavy atom. The van der Waals surface area contributed by atoms with E-state index < -0.39 is 0 Å². The molecule has 0 aliphatic carbocycles. The van der Waals surface area contributed by atoms with Gasteiger partial charge in [-0.1, -0.05) is 32.9 Å². The maximum Gasteiger partial charge on any atom is 0.228 e. The van der Waals surface area contributed by atoms with E-state index in [1.54, 1.807) is 7.11 Å². The number of piperidine rings is 3. The second kappa shape index (κ2) is 6.01. The van der Waals surface area contributed by atoms with Crippen LogP contribution in [0.1, 0.15) is 45.1 Å². The van der Waals surface area contributed by atoms with Gasteiger partial charge in [-0.05, 0) is 49.5 Å². The third-order valence-corrected chi connectivity index (χ3v) is 6.44. The fourth-order valence-electron chi connectivity index (χ4n) is 5.23. The maximum absolute atomic E-state index is 13.2. The smallest absolute Gasteiger partial charge is 0.228 e. The van der Waals surface area contributed by atoms with Gasteiger partial charge in [0.25, 0.3) is 0 Å². The second-order valence-electron chi connectivity index (χ2n) is 8.94. The molecule has 0 radical (unpaired) electrons. The third-order valence-electron chi connectivity index (χ3n) is 6.44. The van der Waals surface area contributed by atoms with Crippen LogP contribution in [0.25, 0.3) is 0 Å². The highest BCUT2D eigenvalue weighted by Gasteiger charge is 2.55. The van der Waals surface area contributed by atoms with Gasteiger partial charge in [-0.25, -0.2) is 0 Å². The number of methoxy groups -OCH3 is 1. The van der Waals surface area contributed by atoms with E-state index in [2.05, 4.69) is 34.1 Å². The van der Waals surface area contributed by atoms with Gasteiger partial charge in [-0.2, -0.15) is 0 Å². The lowest BCUT2D eigenvalue weighted by atomic mass is 9.75. The van der Waals surface area contributed by atoms with Gasteiger partial charge in [0.2, 0.25) is 5.91 Å². The van der Waals surface area contributed by atoms with Crippen LogP contribution in [0, 0.1) is 11.3 Å². The molecule has 0 unspecified atom stereocenters. The van der Waals surface area contributed by atoms with Gasteiger partial charge in [0, 0.05) is 23.9 Å². The van der Waals surface area contributed by atoms with Crippen LogP contribution < -0.4 is 4.74 Å². The molecule has 1 aromatic carbocycles. The molecule has 4 heterocycles. The minimum absolute atomic E-state index is 0.312. The number of hydrogen-bond donors (Lipinski definition) is 0. The molecule has 136 valence electrons. The number of likely N-dealkylation sites (tertiary alicyclic amines) is 1. The summed E-state index contributed by atoms with van der Waals surface area (Å²) in [6, 6.07) is 9.35. The zero-order chi connectivity index (χ0) is 17.8. The Bertz CT molecular complexity index is 641. The first kappa shape index (κ1) is 16.9. The highest BCUT2D eigenvalue weighted by atomic mass is 16.5. The van der Waals surface area contributed by atoms with Crippen LogP contribution in [0.4, 0.5) is 0 Å². The highest BCUT2D eigenvalue weighted by Crippen LogP contribution is 2.47. The normalized spacial score (nSPS) is 34.1. The minimum atomic E-state index is -0.314. The molecule has 4 aliphatic rings. The number of nitrogens with zero attached hydrogens (tertiary/aromatic N) is 2. The summed E-state index contributed by atoms with van der Waals surface area (Å²) in [7, 11) is 1.70. The molecular weight excluding hydrogens is 312 g/mol. The summed E-state index contributed by atoms with van der Waals surface area (Å²) >= 11 is 0. The van der Waals surface area contributed by atoms with E-state index in [4.69, 9.17) is 4.74 Å². The molecule has 4 heteroatoms. The number of ether oxygens (including phenoxy) is 1. The van der Waals surface area contributed by atoms with E-state index in [0.717, 1.165) is 12.3 Å². The summed E-state index contributed by atoms with van der Waals surface area (Å²) in [4.78, 5) is 18.0. The summed E-state index contributed by atoms with van der Waals surface area (Å²) in [6.07, 6.45) is 2.48. The quantitative estimate of drug-likeness (QED) is 0.828. The molecule has 0 aromatic heterocycles. The van der Waals surface area contributed by atoms with Crippen molar-refractivity contribution < 1.29 is 9.53 Å². The van der Waals surface area contributed by atoms with Crippen LogP contribution >= 0.6 is 0 Å². The lowest BCUT2D eigenvalue weighted by Gasteiger charge is -2.51. The van der Waals surface area contributed by atoms with E-state index in [9.17, 15) is 4.79 Å². The lowest BCUT2D eigenvalue weighted by molar-refractivity contribution is -0.144. The van der Waals surface area contributed by atoms with Gasteiger partial charge in [0.1, 0.15) is 5.75 Å². The van der Waals surface area contributed by atoms with Crippen molar-refractivity contribution in [3.63, 3.8) is 0 Å². The van der Waals surface area contributed by atoms with Gasteiger partial charge in [0.15, 0.2) is 0 Å². The number of amides is 1. The van der Waals surface area contributed by atoms with Crippen LogP contribution in [-0.2, 0) is 4.79 Å². The first-order valence-electron chi connectivity index (χ1n) is 9.59. The predicted molar refractivity (Wildman–Crippen MR) is 98.8 cm³/mol. The Labute approximate surface area is 151 Å². The number of hydrogen-bond acceptors (Lipinski definition) is 3. The Balaban J connectivity index is 1.69. The lowest BCUT2D eigenvalue weighted by Crippen LogP contribution is -2.61. The van der Waals surface area contributed by atoms with Crippen molar-refractivity contribution in [2.24, 2.45) is 11.3 Å². The SMILES string of the molecule is COc1ccc([C@@H]2CN(C(=O)C(C)(C)C)[C@@H]3C4CCN(CC4)[C@@H]32)cc1. The zero-order valence-corrected chi connectivity index (χ0v) is 15.9. The van der Waals surface area contributed by atoms with E-state index in [-0.39, 0.29) is 5.41 Å². The summed E-state index contributed by atoms with van der Waals surface area (Å²) in [5.41, 5.74) is 1.03. The molecule has 25 heavy (non-hydrogen) atoms. The highest BCUT2D eigenvalue weighted by molar-refractivity contribution is 5.82. The summed E-state index contributed by atoms with van der Waals surface area (Å²) in [6.45, 7) is 9.38. The monoisotopic (exact) mass is 342 g/mol. The molecule has 4 nitrogen and oxygen atoms in total. The average Bonchev–Trinajstić information content (AvgIpc) is 3.04. The summed E-state index contributed by atoms with van der Waals surface area (Å²) in [5.74, 6) is 2.29. The van der Waals surface area contributed by atoms with Crippen molar-refractivity contribution >= 4 is 5.91 Å². The second-order valence-corrected chi connectivity index (χ2v) is 8.94.